The van der Waals surface area contributed by atoms with E-state index in [2.05, 4.69) is 45.8 Å². The first-order valence-corrected chi connectivity index (χ1v) is 7.02. The molecule has 0 N–H and O–H groups in total. The van der Waals surface area contributed by atoms with Crippen LogP contribution in [0.5, 0.6) is 0 Å². The van der Waals surface area contributed by atoms with E-state index in [-0.39, 0.29) is 0 Å². The topological polar surface area (TPSA) is 3.24 Å². The average molecular weight is 235 g/mol. The highest BCUT2D eigenvalue weighted by Crippen LogP contribution is 2.44. The third-order valence-electron chi connectivity index (χ3n) is 3.85. The first-order valence-electron chi connectivity index (χ1n) is 7.02. The summed E-state index contributed by atoms with van der Waals surface area (Å²) in [6.45, 7) is 18.8. The standard InChI is InChI=1S/C16H29N/c1-7-8-9-10-11-17-13(2)12-15(14(17)3)16(4,5)6/h15H,2-3,7-12H2,1,4-6H3. The highest BCUT2D eigenvalue weighted by Gasteiger charge is 2.36. The van der Waals surface area contributed by atoms with Crippen molar-refractivity contribution in [3.63, 3.8) is 0 Å². The van der Waals surface area contributed by atoms with Gasteiger partial charge in [-0.25, -0.2) is 0 Å². The van der Waals surface area contributed by atoms with Gasteiger partial charge in [0.25, 0.3) is 0 Å². The minimum atomic E-state index is 0.304. The van der Waals surface area contributed by atoms with E-state index in [0.717, 1.165) is 13.0 Å². The van der Waals surface area contributed by atoms with Gasteiger partial charge in [0.1, 0.15) is 0 Å². The molecule has 1 unspecified atom stereocenters. The molecule has 1 aliphatic rings. The molecule has 0 bridgehead atoms. The molecule has 1 saturated heterocycles. The van der Waals surface area contributed by atoms with E-state index in [4.69, 9.17) is 0 Å². The van der Waals surface area contributed by atoms with Gasteiger partial charge in [-0.3, -0.25) is 0 Å². The normalized spacial score (nSPS) is 21.4. The fourth-order valence-electron chi connectivity index (χ4n) is 2.66. The van der Waals surface area contributed by atoms with E-state index in [1.807, 2.05) is 0 Å². The van der Waals surface area contributed by atoms with Crippen LogP contribution in [-0.2, 0) is 0 Å². The molecule has 0 aromatic carbocycles. The predicted molar refractivity (Wildman–Crippen MR) is 76.7 cm³/mol. The molecular weight excluding hydrogens is 206 g/mol. The van der Waals surface area contributed by atoms with Crippen molar-refractivity contribution in [1.82, 2.24) is 4.90 Å². The SMILES string of the molecule is C=C1CC(C(C)(C)C)C(=C)N1CCCCCC. The lowest BCUT2D eigenvalue weighted by Crippen LogP contribution is -2.23. The minimum Gasteiger partial charge on any atom is -0.349 e. The van der Waals surface area contributed by atoms with E-state index in [0.29, 0.717) is 11.3 Å². The maximum Gasteiger partial charge on any atom is 0.0224 e. The second-order valence-corrected chi connectivity index (χ2v) is 6.39. The van der Waals surface area contributed by atoms with Gasteiger partial charge in [-0.2, -0.15) is 0 Å². The smallest absolute Gasteiger partial charge is 0.0224 e. The molecule has 1 heterocycles. The largest absolute Gasteiger partial charge is 0.349 e. The van der Waals surface area contributed by atoms with Crippen molar-refractivity contribution in [2.75, 3.05) is 6.54 Å². The van der Waals surface area contributed by atoms with Crippen molar-refractivity contribution in [2.45, 2.75) is 59.8 Å². The van der Waals surface area contributed by atoms with Gasteiger partial charge in [-0.05, 0) is 18.3 Å². The number of likely N-dealkylation sites (tertiary alicyclic amines) is 1. The van der Waals surface area contributed by atoms with Gasteiger partial charge in [0.2, 0.25) is 0 Å². The lowest BCUT2D eigenvalue weighted by Gasteiger charge is -2.29. The third kappa shape index (κ3) is 3.62. The summed E-state index contributed by atoms with van der Waals surface area (Å²) in [7, 11) is 0. The Morgan fingerprint density at radius 2 is 1.82 bits per heavy atom. The van der Waals surface area contributed by atoms with Crippen molar-refractivity contribution < 1.29 is 0 Å². The lowest BCUT2D eigenvalue weighted by molar-refractivity contribution is 0.277. The van der Waals surface area contributed by atoms with Gasteiger partial charge >= 0.3 is 0 Å². The van der Waals surface area contributed by atoms with Crippen LogP contribution >= 0.6 is 0 Å². The maximum atomic E-state index is 4.30. The van der Waals surface area contributed by atoms with E-state index in [1.54, 1.807) is 0 Å². The van der Waals surface area contributed by atoms with Crippen LogP contribution in [0.25, 0.3) is 0 Å². The zero-order chi connectivity index (χ0) is 13.1. The van der Waals surface area contributed by atoms with E-state index in [1.165, 1.54) is 37.1 Å². The Kier molecular flexibility index (Phi) is 4.85. The molecule has 1 fully saturated rings. The van der Waals surface area contributed by atoms with Gasteiger partial charge in [0, 0.05) is 23.9 Å². The van der Waals surface area contributed by atoms with Crippen LogP contribution in [-0.4, -0.2) is 11.4 Å². The number of hydrogen-bond donors (Lipinski definition) is 0. The average Bonchev–Trinajstić information content (AvgIpc) is 2.50. The van der Waals surface area contributed by atoms with E-state index < -0.39 is 0 Å². The minimum absolute atomic E-state index is 0.304. The van der Waals surface area contributed by atoms with Crippen LogP contribution in [0, 0.1) is 11.3 Å². The van der Waals surface area contributed by atoms with Crippen molar-refractivity contribution >= 4 is 0 Å². The molecule has 0 saturated carbocycles. The Morgan fingerprint density at radius 3 is 2.29 bits per heavy atom. The van der Waals surface area contributed by atoms with Crippen LogP contribution in [0.3, 0.4) is 0 Å². The zero-order valence-corrected chi connectivity index (χ0v) is 12.2. The molecule has 0 aromatic heterocycles. The number of hydrogen-bond acceptors (Lipinski definition) is 1. The summed E-state index contributed by atoms with van der Waals surface area (Å²) < 4.78 is 0. The van der Waals surface area contributed by atoms with Crippen LogP contribution in [0.15, 0.2) is 24.6 Å². The highest BCUT2D eigenvalue weighted by atomic mass is 15.2. The van der Waals surface area contributed by atoms with Gasteiger partial charge in [0.15, 0.2) is 0 Å². The number of nitrogens with zero attached hydrogens (tertiary/aromatic N) is 1. The zero-order valence-electron chi connectivity index (χ0n) is 12.2. The maximum absolute atomic E-state index is 4.30. The van der Waals surface area contributed by atoms with Crippen LogP contribution in [0.4, 0.5) is 0 Å². The Bertz CT molecular complexity index is 282. The van der Waals surface area contributed by atoms with E-state index >= 15 is 0 Å². The van der Waals surface area contributed by atoms with Gasteiger partial charge in [-0.1, -0.05) is 60.1 Å². The first kappa shape index (κ1) is 14.3. The summed E-state index contributed by atoms with van der Waals surface area (Å²) in [5.74, 6) is 0.571. The number of unbranched alkanes of at least 4 members (excludes halogenated alkanes) is 3. The van der Waals surface area contributed by atoms with Crippen molar-refractivity contribution in [2.24, 2.45) is 11.3 Å². The fourth-order valence-corrected chi connectivity index (χ4v) is 2.66. The summed E-state index contributed by atoms with van der Waals surface area (Å²) in [5.41, 5.74) is 2.86. The van der Waals surface area contributed by atoms with Crippen molar-refractivity contribution in [1.29, 1.82) is 0 Å². The molecule has 17 heavy (non-hydrogen) atoms. The van der Waals surface area contributed by atoms with Crippen LogP contribution < -0.4 is 0 Å². The molecular formula is C16H29N. The first-order chi connectivity index (χ1) is 7.88. The van der Waals surface area contributed by atoms with Crippen LogP contribution in [0.1, 0.15) is 59.8 Å². The summed E-state index contributed by atoms with van der Waals surface area (Å²) in [5, 5.41) is 0. The van der Waals surface area contributed by atoms with Crippen molar-refractivity contribution in [3.05, 3.63) is 24.6 Å². The Balaban J connectivity index is 2.51. The third-order valence-corrected chi connectivity index (χ3v) is 3.85. The summed E-state index contributed by atoms with van der Waals surface area (Å²) in [4.78, 5) is 2.37. The van der Waals surface area contributed by atoms with Crippen LogP contribution in [0.2, 0.25) is 0 Å². The number of allylic oxidation sites excluding steroid dienone is 2. The Morgan fingerprint density at radius 1 is 1.18 bits per heavy atom. The molecule has 1 aliphatic heterocycles. The number of rotatable bonds is 5. The molecule has 0 aliphatic carbocycles. The molecule has 1 rings (SSSR count). The fraction of sp³-hybridized carbons (Fsp3) is 0.750. The predicted octanol–water partition coefficient (Wildman–Crippen LogP) is 4.96. The van der Waals surface area contributed by atoms with Gasteiger partial charge < -0.3 is 4.90 Å². The van der Waals surface area contributed by atoms with E-state index in [9.17, 15) is 0 Å². The second-order valence-electron chi connectivity index (χ2n) is 6.39. The second kappa shape index (κ2) is 5.75. The van der Waals surface area contributed by atoms with Gasteiger partial charge in [0.05, 0.1) is 0 Å². The summed E-state index contributed by atoms with van der Waals surface area (Å²) >= 11 is 0. The Labute approximate surface area is 108 Å². The molecule has 1 atom stereocenters. The lowest BCUT2D eigenvalue weighted by atomic mass is 9.78. The van der Waals surface area contributed by atoms with Crippen molar-refractivity contribution in [3.8, 4) is 0 Å². The monoisotopic (exact) mass is 235 g/mol. The molecule has 98 valence electrons. The van der Waals surface area contributed by atoms with Gasteiger partial charge in [-0.15, -0.1) is 0 Å². The molecule has 0 amide bonds. The molecule has 1 heteroatoms. The highest BCUT2D eigenvalue weighted by molar-refractivity contribution is 5.22. The molecule has 1 nitrogen and oxygen atoms in total. The molecule has 0 spiro atoms. The quantitative estimate of drug-likeness (QED) is 0.609. The Hall–Kier alpha value is -0.720. The summed E-state index contributed by atoms with van der Waals surface area (Å²) in [6, 6.07) is 0. The molecule has 0 radical (unpaired) electrons. The summed E-state index contributed by atoms with van der Waals surface area (Å²) in [6.07, 6.45) is 6.33. The molecule has 0 aromatic rings.